The van der Waals surface area contributed by atoms with E-state index in [0.717, 1.165) is 90.4 Å². The zero-order valence-electron chi connectivity index (χ0n) is 34.4. The highest BCUT2D eigenvalue weighted by Gasteiger charge is 2.27. The minimum Gasteiger partial charge on any atom is -0.456 e. The van der Waals surface area contributed by atoms with E-state index in [1.807, 2.05) is 18.2 Å². The second-order valence-electron chi connectivity index (χ2n) is 16.6. The lowest BCUT2D eigenvalue weighted by Gasteiger charge is -2.15. The second-order valence-corrected chi connectivity index (χ2v) is 17.7. The molecule has 5 aromatic heterocycles. The topological polar surface area (TPSA) is 61.7 Å². The summed E-state index contributed by atoms with van der Waals surface area (Å²) in [7, 11) is 0. The number of aromatic nitrogens is 5. The molecule has 300 valence electrons. The number of aryl methyl sites for hydroxylation is 1. The van der Waals surface area contributed by atoms with Gasteiger partial charge in [-0.05, 0) is 78.1 Å². The maximum absolute atomic E-state index is 6.56. The van der Waals surface area contributed by atoms with Crippen LogP contribution in [0.2, 0.25) is 0 Å². The summed E-state index contributed by atoms with van der Waals surface area (Å²) >= 11 is 1.80. The number of furan rings is 1. The number of rotatable bonds is 5. The third-order valence-corrected chi connectivity index (χ3v) is 14.2. The maximum atomic E-state index is 6.56. The number of nitrogens with zero attached hydrogens (tertiary/aromatic N) is 5. The highest BCUT2D eigenvalue weighted by molar-refractivity contribution is 7.25. The highest BCUT2D eigenvalue weighted by Crippen LogP contribution is 2.45. The first-order chi connectivity index (χ1) is 31.7. The normalized spacial score (nSPS) is 12.8. The van der Waals surface area contributed by atoms with Gasteiger partial charge in [0.25, 0.3) is 0 Å². The zero-order chi connectivity index (χ0) is 41.9. The lowest BCUT2D eigenvalue weighted by atomic mass is 9.99. The molecule has 13 aromatic rings. The molecule has 0 spiro atoms. The van der Waals surface area contributed by atoms with Crippen LogP contribution in [0.25, 0.3) is 126 Å². The Hall–Kier alpha value is -8.13. The molecule has 14 rings (SSSR count). The van der Waals surface area contributed by atoms with E-state index in [-0.39, 0.29) is 0 Å². The SMILES string of the molecule is C1=Cc2c(c3ccc4c5ccccc5n(-c5ccc6oc7cccc(-c8ccccc8)c7c6c5)c4c3n2-c2nc(-c3ccccc3)nc(-c3cccc4sc5ccccc5c34)n2)CC1. The highest BCUT2D eigenvalue weighted by atomic mass is 32.1. The molecule has 0 amide bonds. The zero-order valence-corrected chi connectivity index (χ0v) is 35.2. The molecule has 0 N–H and O–H groups in total. The van der Waals surface area contributed by atoms with E-state index in [0.29, 0.717) is 17.6 Å². The van der Waals surface area contributed by atoms with E-state index in [1.165, 1.54) is 36.5 Å². The van der Waals surface area contributed by atoms with Crippen molar-refractivity contribution in [3.8, 4) is 45.5 Å². The van der Waals surface area contributed by atoms with Gasteiger partial charge in [0.1, 0.15) is 11.2 Å². The quantitative estimate of drug-likeness (QED) is 0.173. The number of para-hydroxylation sites is 1. The van der Waals surface area contributed by atoms with Gasteiger partial charge >= 0.3 is 0 Å². The first-order valence-corrected chi connectivity index (χ1v) is 22.6. The summed E-state index contributed by atoms with van der Waals surface area (Å²) in [6, 6.07) is 62.4. The predicted octanol–water partition coefficient (Wildman–Crippen LogP) is 15.1. The van der Waals surface area contributed by atoms with E-state index < -0.39 is 0 Å². The van der Waals surface area contributed by atoms with Gasteiger partial charge in [0.2, 0.25) is 5.95 Å². The van der Waals surface area contributed by atoms with Gasteiger partial charge in [0.15, 0.2) is 11.6 Å². The Kier molecular flexibility index (Phi) is 7.58. The summed E-state index contributed by atoms with van der Waals surface area (Å²) in [6.45, 7) is 0. The van der Waals surface area contributed by atoms with Crippen molar-refractivity contribution >= 4 is 92.2 Å². The lowest BCUT2D eigenvalue weighted by Crippen LogP contribution is -2.09. The van der Waals surface area contributed by atoms with Crippen molar-refractivity contribution in [1.29, 1.82) is 0 Å². The largest absolute Gasteiger partial charge is 0.456 e. The number of fused-ring (bicyclic) bond motifs is 13. The van der Waals surface area contributed by atoms with Crippen LogP contribution in [0.15, 0.2) is 186 Å². The first kappa shape index (κ1) is 35.5. The molecule has 0 fully saturated rings. The number of hydrogen-bond donors (Lipinski definition) is 0. The van der Waals surface area contributed by atoms with Crippen LogP contribution in [0.3, 0.4) is 0 Å². The fourth-order valence-corrected chi connectivity index (χ4v) is 11.4. The number of allylic oxidation sites excluding steroid dienone is 1. The molecule has 64 heavy (non-hydrogen) atoms. The molecule has 6 nitrogen and oxygen atoms in total. The van der Waals surface area contributed by atoms with E-state index in [9.17, 15) is 0 Å². The monoisotopic (exact) mass is 837 g/mol. The molecule has 0 saturated heterocycles. The van der Waals surface area contributed by atoms with Gasteiger partial charge in [-0.2, -0.15) is 9.97 Å². The van der Waals surface area contributed by atoms with Gasteiger partial charge in [0.05, 0.1) is 22.2 Å². The fourth-order valence-electron chi connectivity index (χ4n) is 10.3. The van der Waals surface area contributed by atoms with Crippen LogP contribution in [-0.2, 0) is 6.42 Å². The Morgan fingerprint density at radius 3 is 2.09 bits per heavy atom. The van der Waals surface area contributed by atoms with Crippen LogP contribution in [0.1, 0.15) is 17.7 Å². The van der Waals surface area contributed by atoms with Crippen LogP contribution < -0.4 is 0 Å². The third kappa shape index (κ3) is 5.16. The van der Waals surface area contributed by atoms with Crippen molar-refractivity contribution in [1.82, 2.24) is 24.1 Å². The van der Waals surface area contributed by atoms with Crippen molar-refractivity contribution in [2.75, 3.05) is 0 Å². The van der Waals surface area contributed by atoms with Crippen molar-refractivity contribution in [2.45, 2.75) is 12.8 Å². The van der Waals surface area contributed by atoms with Crippen LogP contribution in [0.5, 0.6) is 0 Å². The molecule has 0 saturated carbocycles. The van der Waals surface area contributed by atoms with E-state index in [2.05, 4.69) is 179 Å². The predicted molar refractivity (Wildman–Crippen MR) is 265 cm³/mol. The van der Waals surface area contributed by atoms with Gasteiger partial charge in [-0.15, -0.1) is 11.3 Å². The van der Waals surface area contributed by atoms with Crippen molar-refractivity contribution in [3.63, 3.8) is 0 Å². The van der Waals surface area contributed by atoms with Crippen molar-refractivity contribution in [2.24, 2.45) is 0 Å². The summed E-state index contributed by atoms with van der Waals surface area (Å²) in [4.78, 5) is 16.2. The summed E-state index contributed by atoms with van der Waals surface area (Å²) in [5.41, 5.74) is 12.7. The molecule has 1 aliphatic carbocycles. The van der Waals surface area contributed by atoms with Gasteiger partial charge in [0, 0.05) is 63.9 Å². The maximum Gasteiger partial charge on any atom is 0.238 e. The molecule has 0 radical (unpaired) electrons. The van der Waals surface area contributed by atoms with Crippen LogP contribution >= 0.6 is 11.3 Å². The Morgan fingerprint density at radius 2 is 1.20 bits per heavy atom. The Labute approximate surface area is 370 Å². The van der Waals surface area contributed by atoms with Crippen LogP contribution in [-0.4, -0.2) is 24.1 Å². The number of benzene rings is 8. The molecule has 7 heteroatoms. The van der Waals surface area contributed by atoms with Crippen LogP contribution in [0.4, 0.5) is 0 Å². The molecule has 8 aromatic carbocycles. The number of thiophene rings is 1. The van der Waals surface area contributed by atoms with Gasteiger partial charge in [-0.1, -0.05) is 140 Å². The smallest absolute Gasteiger partial charge is 0.238 e. The minimum absolute atomic E-state index is 0.589. The van der Waals surface area contributed by atoms with E-state index in [4.69, 9.17) is 19.4 Å². The van der Waals surface area contributed by atoms with Gasteiger partial charge < -0.3 is 8.98 Å². The molecule has 1 aliphatic rings. The van der Waals surface area contributed by atoms with E-state index in [1.54, 1.807) is 11.3 Å². The first-order valence-electron chi connectivity index (χ1n) is 21.7. The Morgan fingerprint density at radius 1 is 0.484 bits per heavy atom. The molecular weight excluding hydrogens is 803 g/mol. The van der Waals surface area contributed by atoms with Gasteiger partial charge in [-0.25, -0.2) is 4.98 Å². The standard InChI is InChI=1S/C57H35N5OS/c1-3-15-34(16-4-1)37-22-13-26-48-51(37)44-33-36(29-32-47(44)63-48)61-45-24-10-7-19-38(45)40-30-31-41-39-20-8-11-25-46(39)62(54(41)53(40)61)57-59-55(35-17-5-2-6-18-35)58-56(60-57)43-23-14-28-50-52(43)42-21-9-12-27-49(42)64-50/h1-7,9-19,21-33H,8,20H2. The number of hydrogen-bond acceptors (Lipinski definition) is 5. The van der Waals surface area contributed by atoms with Crippen molar-refractivity contribution < 1.29 is 4.42 Å². The van der Waals surface area contributed by atoms with E-state index >= 15 is 0 Å². The molecule has 0 bridgehead atoms. The molecule has 0 atom stereocenters. The molecule has 5 heterocycles. The minimum atomic E-state index is 0.589. The average molecular weight is 838 g/mol. The summed E-state index contributed by atoms with van der Waals surface area (Å²) < 4.78 is 13.8. The Balaban J connectivity index is 1.10. The Bertz CT molecular complexity index is 4080. The third-order valence-electron chi connectivity index (χ3n) is 13.1. The van der Waals surface area contributed by atoms with Crippen molar-refractivity contribution in [3.05, 3.63) is 193 Å². The molecular formula is C57H35N5OS. The fraction of sp³-hybridized carbons (Fsp3) is 0.0351. The summed E-state index contributed by atoms with van der Waals surface area (Å²) in [6.07, 6.45) is 6.43. The molecule has 0 unspecified atom stereocenters. The summed E-state index contributed by atoms with van der Waals surface area (Å²) in [5, 5.41) is 8.10. The van der Waals surface area contributed by atoms with Crippen LogP contribution in [0, 0.1) is 0 Å². The second kappa shape index (κ2) is 13.7. The van der Waals surface area contributed by atoms with Gasteiger partial charge in [-0.3, -0.25) is 4.57 Å². The average Bonchev–Trinajstić information content (AvgIpc) is 4.12. The summed E-state index contributed by atoms with van der Waals surface area (Å²) in [5.74, 6) is 1.87. The molecule has 0 aliphatic heterocycles. The lowest BCUT2D eigenvalue weighted by molar-refractivity contribution is 0.669.